The van der Waals surface area contributed by atoms with Crippen LogP contribution in [0.3, 0.4) is 0 Å². The first-order valence-corrected chi connectivity index (χ1v) is 11.7. The number of allylic oxidation sites excluding steroid dienone is 1. The quantitative estimate of drug-likeness (QED) is 0.0935. The van der Waals surface area contributed by atoms with E-state index in [2.05, 4.69) is 20.3 Å². The van der Waals surface area contributed by atoms with Crippen molar-refractivity contribution in [1.29, 1.82) is 0 Å². The third-order valence-electron chi connectivity index (χ3n) is 4.51. The SMILES string of the molecule is CC(=O)ON=C(C(=O)N[C@@H]1C(=O)N2C(C(=O)O)=C(/C=C/COCC(N)=O)CS[C@H]12)c1csc(N)n1. The number of ether oxygens (including phenoxy) is 1. The number of nitrogen functional groups attached to an aromatic ring is 1. The van der Waals surface area contributed by atoms with Crippen LogP contribution in [0.4, 0.5) is 5.13 Å². The molecule has 14 nitrogen and oxygen atoms in total. The number of anilines is 1. The highest BCUT2D eigenvalue weighted by molar-refractivity contribution is 8.00. The fraction of sp³-hybridized carbons (Fsp3) is 0.316. The molecule has 0 saturated carbocycles. The summed E-state index contributed by atoms with van der Waals surface area (Å²) in [6.07, 6.45) is 2.99. The number of amides is 3. The lowest BCUT2D eigenvalue weighted by atomic mass is 10.0. The van der Waals surface area contributed by atoms with Crippen molar-refractivity contribution in [3.8, 4) is 0 Å². The maximum Gasteiger partial charge on any atom is 0.352 e. The summed E-state index contributed by atoms with van der Waals surface area (Å²) in [5, 5.41) is 16.6. The summed E-state index contributed by atoms with van der Waals surface area (Å²) in [4.78, 5) is 69.0. The number of primary amides is 1. The molecule has 1 fully saturated rings. The van der Waals surface area contributed by atoms with Crippen molar-refractivity contribution < 1.29 is 38.7 Å². The van der Waals surface area contributed by atoms with Gasteiger partial charge in [-0.3, -0.25) is 19.3 Å². The van der Waals surface area contributed by atoms with E-state index in [-0.39, 0.29) is 41.2 Å². The summed E-state index contributed by atoms with van der Waals surface area (Å²) in [5.41, 5.74) is 10.4. The number of aliphatic carboxylic acids is 1. The predicted octanol–water partition coefficient (Wildman–Crippen LogP) is -1.21. The van der Waals surface area contributed by atoms with E-state index in [0.717, 1.165) is 23.2 Å². The molecule has 35 heavy (non-hydrogen) atoms. The maximum atomic E-state index is 12.8. The van der Waals surface area contributed by atoms with Crippen molar-refractivity contribution in [2.45, 2.75) is 18.3 Å². The van der Waals surface area contributed by atoms with E-state index in [1.807, 2.05) is 0 Å². The molecule has 1 aromatic heterocycles. The third kappa shape index (κ3) is 6.03. The second-order valence-corrected chi connectivity index (χ2v) is 9.01. The van der Waals surface area contributed by atoms with Gasteiger partial charge in [0.2, 0.25) is 5.91 Å². The lowest BCUT2D eigenvalue weighted by molar-refractivity contribution is -0.150. The molecular formula is C19H20N6O8S2. The molecular weight excluding hydrogens is 504 g/mol. The van der Waals surface area contributed by atoms with Crippen LogP contribution < -0.4 is 16.8 Å². The Balaban J connectivity index is 1.74. The highest BCUT2D eigenvalue weighted by atomic mass is 32.2. The number of carbonyl (C=O) groups excluding carboxylic acids is 4. The van der Waals surface area contributed by atoms with Crippen molar-refractivity contribution in [1.82, 2.24) is 15.2 Å². The summed E-state index contributed by atoms with van der Waals surface area (Å²) in [6.45, 7) is 0.829. The van der Waals surface area contributed by atoms with Gasteiger partial charge in [0, 0.05) is 18.1 Å². The van der Waals surface area contributed by atoms with Crippen molar-refractivity contribution in [3.63, 3.8) is 0 Å². The number of thioether (sulfide) groups is 1. The Morgan fingerprint density at radius 3 is 2.74 bits per heavy atom. The minimum absolute atomic E-state index is 0.0195. The van der Waals surface area contributed by atoms with E-state index in [4.69, 9.17) is 16.2 Å². The molecule has 1 aromatic rings. The van der Waals surface area contributed by atoms with Crippen molar-refractivity contribution in [2.24, 2.45) is 10.9 Å². The number of carboxylic acid groups (broad SMARTS) is 1. The highest BCUT2D eigenvalue weighted by Gasteiger charge is 2.54. The molecule has 3 amide bonds. The van der Waals surface area contributed by atoms with E-state index >= 15 is 0 Å². The van der Waals surface area contributed by atoms with Crippen LogP contribution in [0.2, 0.25) is 0 Å². The number of carboxylic acids is 1. The topological polar surface area (TPSA) is 217 Å². The molecule has 0 aromatic carbocycles. The molecule has 1 saturated heterocycles. The molecule has 0 bridgehead atoms. The standard InChI is InChI=1S/C19H20N6O8S2/c1-8(26)33-24-12(10-7-35-19(21)22-10)15(28)23-13-16(29)25-14(18(30)31)9(6-34-17(13)25)3-2-4-32-5-11(20)27/h2-3,7,13,17H,4-6H2,1H3,(H2,20,27)(H2,21,22)(H,23,28)(H,30,31)/b3-2+,24-12?/t13-,17-/m1/s1. The summed E-state index contributed by atoms with van der Waals surface area (Å²) in [7, 11) is 0. The van der Waals surface area contributed by atoms with Gasteiger partial charge in [0.05, 0.1) is 6.61 Å². The fourth-order valence-electron chi connectivity index (χ4n) is 3.11. The molecule has 3 rings (SSSR count). The molecule has 0 spiro atoms. The van der Waals surface area contributed by atoms with Crippen LogP contribution in [0.25, 0.3) is 0 Å². The van der Waals surface area contributed by atoms with Gasteiger partial charge in [0.15, 0.2) is 10.8 Å². The average Bonchev–Trinajstić information content (AvgIpc) is 3.22. The van der Waals surface area contributed by atoms with Gasteiger partial charge in [-0.15, -0.1) is 23.1 Å². The number of oxime groups is 1. The van der Waals surface area contributed by atoms with Crippen LogP contribution in [-0.2, 0) is 33.5 Å². The van der Waals surface area contributed by atoms with Gasteiger partial charge in [0.25, 0.3) is 11.8 Å². The van der Waals surface area contributed by atoms with E-state index in [1.54, 1.807) is 0 Å². The first-order chi connectivity index (χ1) is 16.6. The second kappa shape index (κ2) is 11.1. The van der Waals surface area contributed by atoms with Crippen LogP contribution in [0.15, 0.2) is 34.0 Å². The van der Waals surface area contributed by atoms with E-state index in [1.165, 1.54) is 29.3 Å². The Morgan fingerprint density at radius 2 is 2.14 bits per heavy atom. The molecule has 16 heteroatoms. The first-order valence-electron chi connectivity index (χ1n) is 9.81. The number of fused-ring (bicyclic) bond motifs is 1. The molecule has 2 aliphatic rings. The molecule has 2 aliphatic heterocycles. The van der Waals surface area contributed by atoms with Gasteiger partial charge < -0.3 is 31.5 Å². The van der Waals surface area contributed by atoms with E-state index < -0.39 is 41.1 Å². The van der Waals surface area contributed by atoms with Gasteiger partial charge in [-0.25, -0.2) is 14.6 Å². The summed E-state index contributed by atoms with van der Waals surface area (Å²) in [6, 6.07) is -1.05. The lowest BCUT2D eigenvalue weighted by Gasteiger charge is -2.49. The number of nitrogens with two attached hydrogens (primary N) is 2. The lowest BCUT2D eigenvalue weighted by Crippen LogP contribution is -2.71. The molecule has 6 N–H and O–H groups in total. The number of carbonyl (C=O) groups is 5. The van der Waals surface area contributed by atoms with Crippen LogP contribution in [0, 0.1) is 0 Å². The molecule has 186 valence electrons. The summed E-state index contributed by atoms with van der Waals surface area (Å²) >= 11 is 2.27. The van der Waals surface area contributed by atoms with Crippen molar-refractivity contribution in [2.75, 3.05) is 24.7 Å². The first kappa shape index (κ1) is 25.9. The molecule has 3 heterocycles. The molecule has 0 unspecified atom stereocenters. The van der Waals surface area contributed by atoms with E-state index in [9.17, 15) is 29.1 Å². The second-order valence-electron chi connectivity index (χ2n) is 7.02. The van der Waals surface area contributed by atoms with Gasteiger partial charge in [-0.05, 0) is 5.57 Å². The number of nitrogens with zero attached hydrogens (tertiary/aromatic N) is 3. The Morgan fingerprint density at radius 1 is 1.40 bits per heavy atom. The number of hydrogen-bond acceptors (Lipinski definition) is 12. The highest BCUT2D eigenvalue weighted by Crippen LogP contribution is 2.40. The monoisotopic (exact) mass is 524 g/mol. The number of nitrogens with one attached hydrogen (secondary N) is 1. The predicted molar refractivity (Wildman–Crippen MR) is 124 cm³/mol. The van der Waals surface area contributed by atoms with Crippen molar-refractivity contribution in [3.05, 3.63) is 34.5 Å². The minimum Gasteiger partial charge on any atom is -0.477 e. The number of rotatable bonds is 10. The number of hydrogen-bond donors (Lipinski definition) is 4. The Kier molecular flexibility index (Phi) is 8.21. The molecule has 2 atom stereocenters. The van der Waals surface area contributed by atoms with Crippen LogP contribution in [-0.4, -0.2) is 80.7 Å². The van der Waals surface area contributed by atoms with Crippen LogP contribution in [0.5, 0.6) is 0 Å². The van der Waals surface area contributed by atoms with Gasteiger partial charge in [-0.1, -0.05) is 17.3 Å². The Hall–Kier alpha value is -3.76. The Bertz CT molecular complexity index is 1160. The minimum atomic E-state index is -1.32. The largest absolute Gasteiger partial charge is 0.477 e. The number of aromatic nitrogens is 1. The number of thiazole rings is 1. The molecule has 0 radical (unpaired) electrons. The van der Waals surface area contributed by atoms with E-state index in [0.29, 0.717) is 5.57 Å². The van der Waals surface area contributed by atoms with Crippen molar-refractivity contribution >= 4 is 63.6 Å². The third-order valence-corrected chi connectivity index (χ3v) is 6.49. The molecule has 0 aliphatic carbocycles. The van der Waals surface area contributed by atoms with Gasteiger partial charge in [0.1, 0.15) is 29.4 Å². The van der Waals surface area contributed by atoms with Gasteiger partial charge >= 0.3 is 11.9 Å². The zero-order valence-corrected chi connectivity index (χ0v) is 19.8. The normalized spacial score (nSPS) is 19.9. The van der Waals surface area contributed by atoms with Crippen LogP contribution >= 0.6 is 23.1 Å². The zero-order valence-electron chi connectivity index (χ0n) is 18.1. The fourth-order valence-corrected chi connectivity index (χ4v) is 4.98. The Labute approximate surface area is 206 Å². The summed E-state index contributed by atoms with van der Waals surface area (Å²) in [5.74, 6) is -4.00. The zero-order chi connectivity index (χ0) is 25.7. The average molecular weight is 525 g/mol. The smallest absolute Gasteiger partial charge is 0.352 e. The maximum absolute atomic E-state index is 12.8. The number of β-lactam (4-membered cyclic amide) rings is 1. The van der Waals surface area contributed by atoms with Gasteiger partial charge in [-0.2, -0.15) is 0 Å². The van der Waals surface area contributed by atoms with Crippen LogP contribution in [0.1, 0.15) is 12.6 Å². The summed E-state index contributed by atoms with van der Waals surface area (Å²) < 4.78 is 5.00.